The summed E-state index contributed by atoms with van der Waals surface area (Å²) < 4.78 is 18.8. The summed E-state index contributed by atoms with van der Waals surface area (Å²) in [4.78, 5) is 11.0. The van der Waals surface area contributed by atoms with Gasteiger partial charge in [-0.25, -0.2) is 9.18 Å². The van der Waals surface area contributed by atoms with Crippen LogP contribution < -0.4 is 0 Å². The number of aliphatic hydroxyl groups excluding tert-OH is 2. The lowest BCUT2D eigenvalue weighted by Crippen LogP contribution is -2.44. The number of ether oxygens (including phenoxy) is 1. The monoisotopic (exact) mass is 252 g/mol. The number of carbonyl (C=O) groups excluding carboxylic acids is 1. The minimum Gasteiger partial charge on any atom is -0.453 e. The highest BCUT2D eigenvalue weighted by Gasteiger charge is 2.37. The first-order valence-corrected chi connectivity index (χ1v) is 5.53. The third-order valence-electron chi connectivity index (χ3n) is 2.77. The molecule has 0 amide bonds. The molecule has 0 spiro atoms. The maximum Gasteiger partial charge on any atom is 0.330 e. The van der Waals surface area contributed by atoms with E-state index < -0.39 is 30.5 Å². The van der Waals surface area contributed by atoms with E-state index in [4.69, 9.17) is 4.74 Å². The molecule has 5 heteroatoms. The number of carbonyl (C=O) groups is 1. The van der Waals surface area contributed by atoms with Crippen LogP contribution in [0.3, 0.4) is 0 Å². The number of esters is 1. The van der Waals surface area contributed by atoms with Crippen LogP contribution in [-0.2, 0) is 9.53 Å². The fraction of sp³-hybridized carbons (Fsp3) is 0.308. The molecule has 4 unspecified atom stereocenters. The first-order chi connectivity index (χ1) is 8.59. The number of aliphatic hydroxyl groups is 2. The SMILES string of the molecule is O=C1C=CC(O)C(C(O)C(F)c2ccccc2)O1. The average Bonchev–Trinajstić information content (AvgIpc) is 2.41. The summed E-state index contributed by atoms with van der Waals surface area (Å²) in [6, 6.07) is 8.03. The van der Waals surface area contributed by atoms with E-state index >= 15 is 0 Å². The van der Waals surface area contributed by atoms with Crippen molar-refractivity contribution in [2.24, 2.45) is 0 Å². The molecule has 1 aliphatic rings. The first kappa shape index (κ1) is 12.7. The molecule has 0 aliphatic carbocycles. The van der Waals surface area contributed by atoms with Gasteiger partial charge in [0, 0.05) is 6.08 Å². The molecule has 0 bridgehead atoms. The molecular weight excluding hydrogens is 239 g/mol. The summed E-state index contributed by atoms with van der Waals surface area (Å²) in [7, 11) is 0. The molecule has 0 saturated carbocycles. The maximum atomic E-state index is 14.0. The fourth-order valence-electron chi connectivity index (χ4n) is 1.80. The van der Waals surface area contributed by atoms with Gasteiger partial charge >= 0.3 is 5.97 Å². The second-order valence-corrected chi connectivity index (χ2v) is 4.05. The van der Waals surface area contributed by atoms with Crippen molar-refractivity contribution in [1.29, 1.82) is 0 Å². The summed E-state index contributed by atoms with van der Waals surface area (Å²) in [6.45, 7) is 0. The van der Waals surface area contributed by atoms with Crippen LogP contribution in [0.5, 0.6) is 0 Å². The Morgan fingerprint density at radius 2 is 1.94 bits per heavy atom. The van der Waals surface area contributed by atoms with E-state index in [1.165, 1.54) is 18.2 Å². The lowest BCUT2D eigenvalue weighted by molar-refractivity contribution is -0.163. The minimum absolute atomic E-state index is 0.266. The Hall–Kier alpha value is -1.72. The standard InChI is InChI=1S/C13H13FO4/c14-11(8-4-2-1-3-5-8)12(17)13-9(15)6-7-10(16)18-13/h1-7,9,11-13,15,17H. The molecule has 1 heterocycles. The Morgan fingerprint density at radius 1 is 1.28 bits per heavy atom. The maximum absolute atomic E-state index is 14.0. The molecule has 4 atom stereocenters. The van der Waals surface area contributed by atoms with Gasteiger partial charge in [0.15, 0.2) is 12.3 Å². The van der Waals surface area contributed by atoms with Crippen molar-refractivity contribution in [3.05, 3.63) is 48.0 Å². The molecule has 1 aliphatic heterocycles. The topological polar surface area (TPSA) is 66.8 Å². The van der Waals surface area contributed by atoms with Gasteiger partial charge in [0.05, 0.1) is 0 Å². The van der Waals surface area contributed by atoms with Crippen LogP contribution in [0, 0.1) is 0 Å². The van der Waals surface area contributed by atoms with Crippen LogP contribution in [0.15, 0.2) is 42.5 Å². The number of rotatable bonds is 3. The Labute approximate surface area is 103 Å². The predicted molar refractivity (Wildman–Crippen MR) is 61.3 cm³/mol. The first-order valence-electron chi connectivity index (χ1n) is 5.53. The van der Waals surface area contributed by atoms with Crippen molar-refractivity contribution in [3.63, 3.8) is 0 Å². The van der Waals surface area contributed by atoms with Gasteiger partial charge in [-0.2, -0.15) is 0 Å². The number of benzene rings is 1. The molecule has 18 heavy (non-hydrogen) atoms. The molecule has 1 aromatic rings. The van der Waals surface area contributed by atoms with E-state index in [2.05, 4.69) is 0 Å². The summed E-state index contributed by atoms with van der Waals surface area (Å²) in [5, 5.41) is 19.4. The Morgan fingerprint density at radius 3 is 2.61 bits per heavy atom. The number of hydrogen-bond donors (Lipinski definition) is 2. The number of hydrogen-bond acceptors (Lipinski definition) is 4. The smallest absolute Gasteiger partial charge is 0.330 e. The Bertz CT molecular complexity index is 446. The van der Waals surface area contributed by atoms with Crippen LogP contribution in [0.25, 0.3) is 0 Å². The van der Waals surface area contributed by atoms with Gasteiger partial charge in [0.2, 0.25) is 0 Å². The van der Waals surface area contributed by atoms with E-state index in [9.17, 15) is 19.4 Å². The van der Waals surface area contributed by atoms with Gasteiger partial charge < -0.3 is 14.9 Å². The van der Waals surface area contributed by atoms with E-state index in [-0.39, 0.29) is 5.56 Å². The average molecular weight is 252 g/mol. The second kappa shape index (κ2) is 5.29. The molecule has 4 nitrogen and oxygen atoms in total. The largest absolute Gasteiger partial charge is 0.453 e. The zero-order chi connectivity index (χ0) is 13.1. The molecule has 2 N–H and O–H groups in total. The molecule has 0 saturated heterocycles. The fourth-order valence-corrected chi connectivity index (χ4v) is 1.80. The van der Waals surface area contributed by atoms with E-state index in [1.807, 2.05) is 0 Å². The highest BCUT2D eigenvalue weighted by Crippen LogP contribution is 2.27. The van der Waals surface area contributed by atoms with Crippen molar-refractivity contribution in [3.8, 4) is 0 Å². The summed E-state index contributed by atoms with van der Waals surface area (Å²) >= 11 is 0. The number of cyclic esters (lactones) is 1. The summed E-state index contributed by atoms with van der Waals surface area (Å²) in [5.74, 6) is -0.704. The highest BCUT2D eigenvalue weighted by molar-refractivity contribution is 5.83. The molecular formula is C13H13FO4. The van der Waals surface area contributed by atoms with Gasteiger partial charge in [-0.05, 0) is 11.6 Å². The van der Waals surface area contributed by atoms with Gasteiger partial charge in [-0.15, -0.1) is 0 Å². The van der Waals surface area contributed by atoms with Crippen molar-refractivity contribution >= 4 is 5.97 Å². The lowest BCUT2D eigenvalue weighted by atomic mass is 9.97. The Balaban J connectivity index is 2.14. The predicted octanol–water partition coefficient (Wildman–Crippen LogP) is 0.901. The zero-order valence-electron chi connectivity index (χ0n) is 9.44. The van der Waals surface area contributed by atoms with Gasteiger partial charge in [-0.1, -0.05) is 30.3 Å². The van der Waals surface area contributed by atoms with Crippen LogP contribution in [-0.4, -0.2) is 34.5 Å². The number of halogens is 1. The van der Waals surface area contributed by atoms with Crippen LogP contribution in [0.1, 0.15) is 11.7 Å². The van der Waals surface area contributed by atoms with Crippen LogP contribution in [0.2, 0.25) is 0 Å². The second-order valence-electron chi connectivity index (χ2n) is 4.05. The van der Waals surface area contributed by atoms with E-state index in [1.54, 1.807) is 18.2 Å². The van der Waals surface area contributed by atoms with Gasteiger partial charge in [-0.3, -0.25) is 0 Å². The van der Waals surface area contributed by atoms with Crippen LogP contribution in [0.4, 0.5) is 4.39 Å². The van der Waals surface area contributed by atoms with E-state index in [0.717, 1.165) is 6.08 Å². The van der Waals surface area contributed by atoms with Crippen molar-refractivity contribution in [2.45, 2.75) is 24.5 Å². The molecule has 0 aromatic heterocycles. The number of alkyl halides is 1. The molecule has 1 aromatic carbocycles. The van der Waals surface area contributed by atoms with Crippen molar-refractivity contribution < 1.29 is 24.1 Å². The summed E-state index contributed by atoms with van der Waals surface area (Å²) in [6.07, 6.45) is -3.63. The van der Waals surface area contributed by atoms with Crippen LogP contribution >= 0.6 is 0 Å². The normalized spacial score (nSPS) is 26.5. The van der Waals surface area contributed by atoms with Gasteiger partial charge in [0.1, 0.15) is 12.2 Å². The lowest BCUT2D eigenvalue weighted by Gasteiger charge is -2.29. The Kier molecular flexibility index (Phi) is 3.74. The third-order valence-corrected chi connectivity index (χ3v) is 2.77. The van der Waals surface area contributed by atoms with Crippen molar-refractivity contribution in [1.82, 2.24) is 0 Å². The van der Waals surface area contributed by atoms with E-state index in [0.29, 0.717) is 0 Å². The molecule has 0 fully saturated rings. The minimum atomic E-state index is -1.73. The third kappa shape index (κ3) is 2.57. The van der Waals surface area contributed by atoms with Gasteiger partial charge in [0.25, 0.3) is 0 Å². The zero-order valence-corrected chi connectivity index (χ0v) is 9.44. The molecule has 96 valence electrons. The molecule has 0 radical (unpaired) electrons. The van der Waals surface area contributed by atoms with Crippen molar-refractivity contribution in [2.75, 3.05) is 0 Å². The quantitative estimate of drug-likeness (QED) is 0.784. The molecule has 2 rings (SSSR count). The summed E-state index contributed by atoms with van der Waals surface area (Å²) in [5.41, 5.74) is 0.266. The highest BCUT2D eigenvalue weighted by atomic mass is 19.1.